The Morgan fingerprint density at radius 3 is 0.914 bits per heavy atom. The van der Waals surface area contributed by atoms with Gasteiger partial charge in [0.1, 0.15) is 24.4 Å². The van der Waals surface area contributed by atoms with Crippen molar-refractivity contribution in [1.29, 1.82) is 0 Å². The summed E-state index contributed by atoms with van der Waals surface area (Å²) in [6, 6.07) is 0. The largest absolute Gasteiger partial charge is 0.394 e. The summed E-state index contributed by atoms with van der Waals surface area (Å²) in [5.74, 6) is 0. The average molecular weight is 841 g/mol. The van der Waals surface area contributed by atoms with E-state index in [0.29, 0.717) is 13.2 Å². The van der Waals surface area contributed by atoms with Gasteiger partial charge in [0.25, 0.3) is 0 Å². The zero-order valence-corrected chi connectivity index (χ0v) is 36.8. The normalized spacial score (nSPS) is 16.4. The zero-order valence-electron chi connectivity index (χ0n) is 36.8. The van der Waals surface area contributed by atoms with Crippen LogP contribution in [-0.2, 0) is 9.47 Å². The van der Waals surface area contributed by atoms with Crippen molar-refractivity contribution in [2.24, 2.45) is 0 Å². The van der Waals surface area contributed by atoms with Gasteiger partial charge in [-0.25, -0.2) is 0 Å². The molecule has 0 saturated heterocycles. The van der Waals surface area contributed by atoms with Crippen LogP contribution in [0.15, 0.2) is 0 Å². The fourth-order valence-electron chi connectivity index (χ4n) is 7.15. The molecule has 14 heteroatoms. The van der Waals surface area contributed by atoms with Gasteiger partial charge in [0.15, 0.2) is 0 Å². The molecule has 0 spiro atoms. The summed E-state index contributed by atoms with van der Waals surface area (Å²) in [4.78, 5) is 3.31. The number of hydrogen-bond acceptors (Lipinski definition) is 14. The second-order valence-electron chi connectivity index (χ2n) is 16.7. The molecule has 0 rings (SSSR count). The van der Waals surface area contributed by atoms with Crippen LogP contribution in [0.25, 0.3) is 0 Å². The minimum Gasteiger partial charge on any atom is -0.394 e. The zero-order chi connectivity index (χ0) is 43.2. The number of rotatable bonds is 45. The molecule has 0 amide bonds. The van der Waals surface area contributed by atoms with Crippen LogP contribution in [0.5, 0.6) is 0 Å². The van der Waals surface area contributed by atoms with Crippen molar-refractivity contribution in [1.82, 2.24) is 9.80 Å². The topological polar surface area (TPSA) is 227 Å². The highest BCUT2D eigenvalue weighted by Crippen LogP contribution is 2.14. The molecule has 10 N–H and O–H groups in total. The summed E-state index contributed by atoms with van der Waals surface area (Å²) < 4.78 is 11.5. The first-order valence-electron chi connectivity index (χ1n) is 23.3. The average Bonchev–Trinajstić information content (AvgIpc) is 3.21. The van der Waals surface area contributed by atoms with Crippen LogP contribution in [0.2, 0.25) is 0 Å². The van der Waals surface area contributed by atoms with Crippen molar-refractivity contribution in [3.05, 3.63) is 0 Å². The number of aliphatic hydroxyl groups excluding tert-OH is 10. The van der Waals surface area contributed by atoms with Gasteiger partial charge in [0.2, 0.25) is 0 Å². The molecule has 0 fully saturated rings. The Labute approximate surface area is 352 Å². The number of aliphatic hydroxyl groups is 10. The van der Waals surface area contributed by atoms with Crippen molar-refractivity contribution in [2.45, 2.75) is 204 Å². The van der Waals surface area contributed by atoms with E-state index < -0.39 is 62.0 Å². The van der Waals surface area contributed by atoms with Crippen molar-refractivity contribution in [3.63, 3.8) is 0 Å². The standard InChI is InChI=1S/C44H92N2O12/c1-3-5-7-9-11-13-15-17-19-21-23-27-57-35-37(49)29-45(31-39(51)43(55)41(53)33-47)25-26-46(32-40(52)44(56)42(54)34-48)30-38(50)36-58-28-24-22-20-18-16-14-12-10-8-6-4-2/h37-44,47-56H,3-36H2,1-2H3. The van der Waals surface area contributed by atoms with Crippen LogP contribution in [0.3, 0.4) is 0 Å². The molecule has 0 aromatic rings. The molecule has 350 valence electrons. The minimum absolute atomic E-state index is 0.0319. The monoisotopic (exact) mass is 841 g/mol. The molecule has 0 radical (unpaired) electrons. The Kier molecular flexibility index (Phi) is 40.1. The highest BCUT2D eigenvalue weighted by molar-refractivity contribution is 4.82. The van der Waals surface area contributed by atoms with Crippen LogP contribution < -0.4 is 0 Å². The molecule has 0 heterocycles. The van der Waals surface area contributed by atoms with Gasteiger partial charge in [-0.2, -0.15) is 0 Å². The first kappa shape index (κ1) is 57.4. The van der Waals surface area contributed by atoms with E-state index in [4.69, 9.17) is 9.47 Å². The molecule has 58 heavy (non-hydrogen) atoms. The first-order valence-corrected chi connectivity index (χ1v) is 23.3. The molecule has 0 aliphatic carbocycles. The summed E-state index contributed by atoms with van der Waals surface area (Å²) in [7, 11) is 0. The van der Waals surface area contributed by atoms with E-state index in [0.717, 1.165) is 38.5 Å². The molecule has 8 unspecified atom stereocenters. The van der Waals surface area contributed by atoms with Crippen molar-refractivity contribution >= 4 is 0 Å². The number of nitrogens with zero attached hydrogens (tertiary/aromatic N) is 2. The Hall–Kier alpha value is -0.560. The molecule has 14 nitrogen and oxygen atoms in total. The molecular formula is C44H92N2O12. The van der Waals surface area contributed by atoms with Gasteiger partial charge in [0, 0.05) is 52.5 Å². The highest BCUT2D eigenvalue weighted by Gasteiger charge is 2.29. The number of ether oxygens (including phenoxy) is 2. The lowest BCUT2D eigenvalue weighted by Crippen LogP contribution is -2.51. The van der Waals surface area contributed by atoms with E-state index in [1.807, 2.05) is 0 Å². The van der Waals surface area contributed by atoms with Gasteiger partial charge < -0.3 is 60.5 Å². The molecule has 8 atom stereocenters. The lowest BCUT2D eigenvalue weighted by molar-refractivity contribution is -0.0923. The third kappa shape index (κ3) is 33.1. The maximum absolute atomic E-state index is 10.9. The maximum Gasteiger partial charge on any atom is 0.109 e. The van der Waals surface area contributed by atoms with Crippen molar-refractivity contribution < 1.29 is 60.5 Å². The predicted molar refractivity (Wildman–Crippen MR) is 230 cm³/mol. The molecular weight excluding hydrogens is 748 g/mol. The summed E-state index contributed by atoms with van der Waals surface area (Å²) >= 11 is 0. The summed E-state index contributed by atoms with van der Waals surface area (Å²) in [6.45, 7) is 4.09. The fourth-order valence-corrected chi connectivity index (χ4v) is 7.15. The van der Waals surface area contributed by atoms with Gasteiger partial charge in [0.05, 0.1) is 50.8 Å². The summed E-state index contributed by atoms with van der Waals surface area (Å²) in [6.07, 6.45) is 15.5. The lowest BCUT2D eigenvalue weighted by atomic mass is 10.1. The predicted octanol–water partition coefficient (Wildman–Crippen LogP) is 3.12. The summed E-state index contributed by atoms with van der Waals surface area (Å²) in [5, 5.41) is 102. The van der Waals surface area contributed by atoms with E-state index in [2.05, 4.69) is 13.8 Å². The smallest absolute Gasteiger partial charge is 0.109 e. The van der Waals surface area contributed by atoms with Crippen LogP contribution in [0, 0.1) is 0 Å². The maximum atomic E-state index is 10.9. The van der Waals surface area contributed by atoms with Gasteiger partial charge in [-0.1, -0.05) is 142 Å². The Morgan fingerprint density at radius 1 is 0.362 bits per heavy atom. The Bertz CT molecular complexity index is 786. The number of hydrogen-bond donors (Lipinski definition) is 10. The van der Waals surface area contributed by atoms with E-state index in [1.165, 1.54) is 103 Å². The Morgan fingerprint density at radius 2 is 0.638 bits per heavy atom. The van der Waals surface area contributed by atoms with Gasteiger partial charge in [-0.05, 0) is 12.8 Å². The number of unbranched alkanes of at least 4 members (excludes halogenated alkanes) is 20. The molecule has 0 aromatic heterocycles. The van der Waals surface area contributed by atoms with Gasteiger partial charge in [-0.15, -0.1) is 0 Å². The van der Waals surface area contributed by atoms with Crippen LogP contribution in [0.4, 0.5) is 0 Å². The van der Waals surface area contributed by atoms with Crippen LogP contribution in [-0.4, -0.2) is 189 Å². The first-order chi connectivity index (χ1) is 28.0. The quantitative estimate of drug-likeness (QED) is 0.0398. The minimum atomic E-state index is -1.64. The van der Waals surface area contributed by atoms with Crippen LogP contribution in [0.1, 0.15) is 155 Å². The third-order valence-electron chi connectivity index (χ3n) is 10.9. The molecule has 0 saturated carbocycles. The molecule has 0 aliphatic heterocycles. The van der Waals surface area contributed by atoms with Crippen molar-refractivity contribution in [3.8, 4) is 0 Å². The van der Waals surface area contributed by atoms with Crippen LogP contribution >= 0.6 is 0 Å². The fraction of sp³-hybridized carbons (Fsp3) is 1.00. The van der Waals surface area contributed by atoms with E-state index in [1.54, 1.807) is 9.80 Å². The molecule has 0 bridgehead atoms. The van der Waals surface area contributed by atoms with Crippen molar-refractivity contribution in [2.75, 3.05) is 78.9 Å². The van der Waals surface area contributed by atoms with Gasteiger partial charge >= 0.3 is 0 Å². The second kappa shape index (κ2) is 40.5. The lowest BCUT2D eigenvalue weighted by Gasteiger charge is -2.34. The summed E-state index contributed by atoms with van der Waals surface area (Å²) in [5.41, 5.74) is 0. The Balaban J connectivity index is 5.06. The molecule has 0 aromatic carbocycles. The highest BCUT2D eigenvalue weighted by atomic mass is 16.5. The van der Waals surface area contributed by atoms with E-state index >= 15 is 0 Å². The third-order valence-corrected chi connectivity index (χ3v) is 10.9. The SMILES string of the molecule is CCCCCCCCCCCCCOCC(O)CN(CCN(CC(O)COCCCCCCCCCCCCC)CC(O)C(O)C(O)CO)CC(O)C(O)C(O)CO. The molecule has 0 aliphatic rings. The van der Waals surface area contributed by atoms with E-state index in [9.17, 15) is 51.1 Å². The second-order valence-corrected chi connectivity index (χ2v) is 16.7. The van der Waals surface area contributed by atoms with Gasteiger partial charge in [-0.3, -0.25) is 9.80 Å². The van der Waals surface area contributed by atoms with E-state index in [-0.39, 0.29) is 52.5 Å².